The van der Waals surface area contributed by atoms with Gasteiger partial charge in [0.25, 0.3) is 0 Å². The zero-order chi connectivity index (χ0) is 26.8. The van der Waals surface area contributed by atoms with E-state index >= 15 is 0 Å². The maximum Gasteiger partial charge on any atom is 0.314 e. The second-order valence-electron chi connectivity index (χ2n) is 9.76. The number of carbonyl (C=O) groups excluding carboxylic acids is 1. The molecule has 37 heavy (non-hydrogen) atoms. The molecule has 3 rings (SSSR count). The summed E-state index contributed by atoms with van der Waals surface area (Å²) < 4.78 is 11.0. The number of carbonyl (C=O) groups is 1. The van der Waals surface area contributed by atoms with Gasteiger partial charge in [-0.3, -0.25) is 5.41 Å². The number of ether oxygens (including phenoxy) is 2. The molecule has 2 aromatic rings. The fourth-order valence-corrected chi connectivity index (χ4v) is 5.05. The van der Waals surface area contributed by atoms with Crippen molar-refractivity contribution in [2.45, 2.75) is 51.5 Å². The molecule has 0 spiro atoms. The van der Waals surface area contributed by atoms with E-state index in [0.29, 0.717) is 29.5 Å². The van der Waals surface area contributed by atoms with Crippen LogP contribution in [0.4, 0.5) is 10.5 Å². The minimum absolute atomic E-state index is 0.145. The number of aliphatic hydroxyl groups is 1. The Hall–Kier alpha value is -3.26. The number of benzene rings is 2. The van der Waals surface area contributed by atoms with Gasteiger partial charge in [0, 0.05) is 49.6 Å². The number of methoxy groups -OCH3 is 2. The van der Waals surface area contributed by atoms with E-state index in [9.17, 15) is 9.90 Å². The van der Waals surface area contributed by atoms with Gasteiger partial charge in [0.2, 0.25) is 0 Å². The number of hydrogen-bond acceptors (Lipinski definition) is 6. The highest BCUT2D eigenvalue weighted by Gasteiger charge is 2.20. The summed E-state index contributed by atoms with van der Waals surface area (Å²) in [6, 6.07) is 11.6. The van der Waals surface area contributed by atoms with Crippen LogP contribution >= 0.6 is 0 Å². The van der Waals surface area contributed by atoms with Gasteiger partial charge in [-0.15, -0.1) is 0 Å². The lowest BCUT2D eigenvalue weighted by Gasteiger charge is -2.30. The summed E-state index contributed by atoms with van der Waals surface area (Å²) in [6.45, 7) is 4.21. The Labute approximate surface area is 220 Å². The number of amides is 2. The van der Waals surface area contributed by atoms with Gasteiger partial charge in [-0.05, 0) is 68.4 Å². The van der Waals surface area contributed by atoms with E-state index in [1.807, 2.05) is 31.2 Å². The molecule has 2 aromatic carbocycles. The van der Waals surface area contributed by atoms with Crippen LogP contribution in [0.25, 0.3) is 0 Å². The van der Waals surface area contributed by atoms with Crippen LogP contribution in [0.5, 0.6) is 11.5 Å². The molecule has 0 bridgehead atoms. The highest BCUT2D eigenvalue weighted by Crippen LogP contribution is 2.33. The molecule has 1 saturated heterocycles. The van der Waals surface area contributed by atoms with Gasteiger partial charge in [0.15, 0.2) is 11.5 Å². The molecule has 0 radical (unpaired) electrons. The number of urea groups is 1. The molecule has 0 saturated carbocycles. The minimum Gasteiger partial charge on any atom is -0.493 e. The molecule has 1 heterocycles. The summed E-state index contributed by atoms with van der Waals surface area (Å²) in [5, 5.41) is 23.9. The van der Waals surface area contributed by atoms with Crippen molar-refractivity contribution < 1.29 is 19.4 Å². The molecule has 1 aliphatic heterocycles. The zero-order valence-electron chi connectivity index (χ0n) is 22.6. The first-order chi connectivity index (χ1) is 17.9. The zero-order valence-corrected chi connectivity index (χ0v) is 22.6. The van der Waals surface area contributed by atoms with Gasteiger partial charge in [-0.25, -0.2) is 4.79 Å². The third kappa shape index (κ3) is 7.61. The predicted molar refractivity (Wildman–Crippen MR) is 149 cm³/mol. The Morgan fingerprint density at radius 3 is 2.46 bits per heavy atom. The van der Waals surface area contributed by atoms with Crippen molar-refractivity contribution in [1.82, 2.24) is 10.6 Å². The van der Waals surface area contributed by atoms with E-state index in [-0.39, 0.29) is 18.7 Å². The number of hydrogen-bond donors (Lipinski definition) is 4. The molecule has 8 heteroatoms. The first-order valence-electron chi connectivity index (χ1n) is 13.2. The van der Waals surface area contributed by atoms with Gasteiger partial charge in [-0.2, -0.15) is 0 Å². The van der Waals surface area contributed by atoms with Gasteiger partial charge in [-0.1, -0.05) is 25.0 Å². The lowest BCUT2D eigenvalue weighted by Crippen LogP contribution is -2.40. The van der Waals surface area contributed by atoms with E-state index in [2.05, 4.69) is 27.7 Å². The van der Waals surface area contributed by atoms with Crippen molar-refractivity contribution >= 4 is 17.4 Å². The molecule has 0 aromatic heterocycles. The highest BCUT2D eigenvalue weighted by atomic mass is 16.5. The number of aliphatic hydroxyl groups excluding tert-OH is 1. The van der Waals surface area contributed by atoms with Crippen molar-refractivity contribution in [3.8, 4) is 11.5 Å². The molecule has 202 valence electrons. The van der Waals surface area contributed by atoms with Crippen LogP contribution < -0.4 is 25.0 Å². The predicted octanol–water partition coefficient (Wildman–Crippen LogP) is 4.36. The summed E-state index contributed by atoms with van der Waals surface area (Å²) in [6.07, 6.45) is 6.06. The monoisotopic (exact) mass is 510 g/mol. The number of nitrogens with one attached hydrogen (secondary N) is 3. The van der Waals surface area contributed by atoms with Gasteiger partial charge >= 0.3 is 6.03 Å². The normalized spacial score (nSPS) is 16.8. The van der Waals surface area contributed by atoms with Crippen molar-refractivity contribution in [3.05, 3.63) is 53.1 Å². The SMILES string of the molecule is CNC(=O)NC(C)Cc1cc(OC)c(OC)cc1C(=N)c1ccc(N2CCCCC(CCO)CC2)cc1. The van der Waals surface area contributed by atoms with Gasteiger partial charge in [0.1, 0.15) is 0 Å². The van der Waals surface area contributed by atoms with Crippen LogP contribution in [0.2, 0.25) is 0 Å². The smallest absolute Gasteiger partial charge is 0.314 e. The molecule has 2 atom stereocenters. The number of anilines is 1. The third-order valence-corrected chi connectivity index (χ3v) is 7.17. The Balaban J connectivity index is 1.83. The first-order valence-corrected chi connectivity index (χ1v) is 13.2. The summed E-state index contributed by atoms with van der Waals surface area (Å²) in [5.74, 6) is 1.74. The van der Waals surface area contributed by atoms with Crippen LogP contribution in [0, 0.1) is 11.3 Å². The lowest BCUT2D eigenvalue weighted by molar-refractivity contribution is 0.239. The standard InChI is InChI=1S/C29H42N4O4/c1-20(32-29(35)31-2)17-23-18-26(36-3)27(37-4)19-25(23)28(30)22-8-10-24(11-9-22)33-14-6-5-7-21(12-15-33)13-16-34/h8-11,18-21,30,34H,5-7,12-17H2,1-4H3,(H2,31,32,35). The minimum atomic E-state index is -0.243. The maximum atomic E-state index is 11.8. The van der Waals surface area contributed by atoms with Crippen LogP contribution in [0.3, 0.4) is 0 Å². The topological polar surface area (TPSA) is 107 Å². The van der Waals surface area contributed by atoms with Gasteiger partial charge < -0.3 is 30.1 Å². The highest BCUT2D eigenvalue weighted by molar-refractivity contribution is 6.12. The fourth-order valence-electron chi connectivity index (χ4n) is 5.05. The number of rotatable bonds is 10. The summed E-state index contributed by atoms with van der Waals surface area (Å²) in [5.41, 5.74) is 4.01. The average Bonchev–Trinajstić information content (AvgIpc) is 2.89. The van der Waals surface area contributed by atoms with Crippen molar-refractivity contribution in [1.29, 1.82) is 5.41 Å². The first kappa shape index (κ1) is 28.3. The summed E-state index contributed by atoms with van der Waals surface area (Å²) in [4.78, 5) is 14.2. The largest absolute Gasteiger partial charge is 0.493 e. The Morgan fingerprint density at radius 2 is 1.81 bits per heavy atom. The lowest BCUT2D eigenvalue weighted by atomic mass is 9.92. The Morgan fingerprint density at radius 1 is 1.11 bits per heavy atom. The summed E-state index contributed by atoms with van der Waals surface area (Å²) in [7, 11) is 4.77. The average molecular weight is 511 g/mol. The Bertz CT molecular complexity index is 1040. The molecular formula is C29H42N4O4. The molecule has 1 aliphatic rings. The van der Waals surface area contributed by atoms with E-state index in [4.69, 9.17) is 14.9 Å². The molecule has 1 fully saturated rings. The fraction of sp³-hybridized carbons (Fsp3) is 0.517. The molecule has 8 nitrogen and oxygen atoms in total. The van der Waals surface area contributed by atoms with E-state index < -0.39 is 0 Å². The maximum absolute atomic E-state index is 11.8. The quantitative estimate of drug-likeness (QED) is 0.355. The van der Waals surface area contributed by atoms with Crippen LogP contribution in [-0.4, -0.2) is 63.9 Å². The van der Waals surface area contributed by atoms with Gasteiger partial charge in [0.05, 0.1) is 19.9 Å². The van der Waals surface area contributed by atoms with Crippen LogP contribution in [-0.2, 0) is 6.42 Å². The van der Waals surface area contributed by atoms with Crippen molar-refractivity contribution in [2.75, 3.05) is 45.9 Å². The Kier molecular flexibility index (Phi) is 10.6. The third-order valence-electron chi connectivity index (χ3n) is 7.17. The van der Waals surface area contributed by atoms with Crippen LogP contribution in [0.15, 0.2) is 36.4 Å². The molecule has 2 amide bonds. The number of nitrogens with zero attached hydrogens (tertiary/aromatic N) is 1. The van der Waals surface area contributed by atoms with E-state index in [1.165, 1.54) is 12.8 Å². The summed E-state index contributed by atoms with van der Waals surface area (Å²) >= 11 is 0. The van der Waals surface area contributed by atoms with E-state index in [1.54, 1.807) is 21.3 Å². The molecule has 0 aliphatic carbocycles. The second-order valence-corrected chi connectivity index (χ2v) is 9.76. The van der Waals surface area contributed by atoms with Crippen molar-refractivity contribution in [3.63, 3.8) is 0 Å². The van der Waals surface area contributed by atoms with E-state index in [0.717, 1.165) is 54.7 Å². The second kappa shape index (κ2) is 13.9. The molecule has 2 unspecified atom stereocenters. The van der Waals surface area contributed by atoms with Crippen LogP contribution in [0.1, 0.15) is 55.7 Å². The van der Waals surface area contributed by atoms with Crippen molar-refractivity contribution in [2.24, 2.45) is 5.92 Å². The molecule has 4 N–H and O–H groups in total. The molecular weight excluding hydrogens is 468 g/mol.